The lowest BCUT2D eigenvalue weighted by atomic mass is 9.97. The summed E-state index contributed by atoms with van der Waals surface area (Å²) in [6.07, 6.45) is 2.61. The lowest BCUT2D eigenvalue weighted by molar-refractivity contribution is 0.203. The molecule has 0 radical (unpaired) electrons. The van der Waals surface area contributed by atoms with Gasteiger partial charge in [0.15, 0.2) is 0 Å². The molecule has 1 aromatic rings. The third-order valence-corrected chi connectivity index (χ3v) is 4.11. The lowest BCUT2D eigenvalue weighted by Crippen LogP contribution is -2.37. The second-order valence-corrected chi connectivity index (χ2v) is 6.01. The molecule has 0 spiro atoms. The fourth-order valence-electron chi connectivity index (χ4n) is 2.90. The number of benzene rings is 1. The molecule has 5 heteroatoms. The van der Waals surface area contributed by atoms with Crippen LogP contribution in [0, 0.1) is 5.92 Å². The van der Waals surface area contributed by atoms with Gasteiger partial charge >= 0.3 is 6.03 Å². The van der Waals surface area contributed by atoms with Crippen LogP contribution in [0.2, 0.25) is 0 Å². The van der Waals surface area contributed by atoms with E-state index in [0.29, 0.717) is 6.04 Å². The molecule has 1 aliphatic rings. The normalized spacial score (nSPS) is 21.0. The van der Waals surface area contributed by atoms with E-state index >= 15 is 0 Å². The molecule has 1 saturated heterocycles. The summed E-state index contributed by atoms with van der Waals surface area (Å²) in [6, 6.07) is 7.58. The highest BCUT2D eigenvalue weighted by atomic mass is 16.2. The quantitative estimate of drug-likeness (QED) is 0.778. The Morgan fingerprint density at radius 1 is 1.43 bits per heavy atom. The maximum Gasteiger partial charge on any atom is 0.316 e. The third kappa shape index (κ3) is 5.02. The van der Waals surface area contributed by atoms with Crippen LogP contribution in [-0.4, -0.2) is 37.6 Å². The van der Waals surface area contributed by atoms with Crippen LogP contribution in [0.25, 0.3) is 0 Å². The molecule has 0 aromatic heterocycles. The van der Waals surface area contributed by atoms with E-state index in [1.165, 1.54) is 31.5 Å². The predicted octanol–water partition coefficient (Wildman–Crippen LogP) is 2.17. The zero-order valence-electron chi connectivity index (χ0n) is 12.9. The molecule has 4 N–H and O–H groups in total. The van der Waals surface area contributed by atoms with Crippen LogP contribution >= 0.6 is 0 Å². The predicted molar refractivity (Wildman–Crippen MR) is 86.3 cm³/mol. The first-order valence-corrected chi connectivity index (χ1v) is 7.63. The molecule has 1 aromatic carbocycles. The summed E-state index contributed by atoms with van der Waals surface area (Å²) in [4.78, 5) is 13.2. The highest BCUT2D eigenvalue weighted by molar-refractivity contribution is 5.87. The van der Waals surface area contributed by atoms with Crippen molar-refractivity contribution in [3.05, 3.63) is 29.8 Å². The smallest absolute Gasteiger partial charge is 0.316 e. The van der Waals surface area contributed by atoms with Crippen molar-refractivity contribution in [1.82, 2.24) is 10.2 Å². The van der Waals surface area contributed by atoms with Gasteiger partial charge in [0, 0.05) is 18.3 Å². The number of nitrogens with one attached hydrogen (secondary N) is 2. The molecule has 116 valence electrons. The average Bonchev–Trinajstić information content (AvgIpc) is 2.45. The summed E-state index contributed by atoms with van der Waals surface area (Å²) >= 11 is 0. The fraction of sp³-hybridized carbons (Fsp3) is 0.562. The van der Waals surface area contributed by atoms with E-state index < -0.39 is 6.03 Å². The molecular formula is C16H26N4O. The first-order chi connectivity index (χ1) is 10.0. The Labute approximate surface area is 126 Å². The van der Waals surface area contributed by atoms with Crippen molar-refractivity contribution in [1.29, 1.82) is 0 Å². The Morgan fingerprint density at radius 3 is 2.76 bits per heavy atom. The molecule has 21 heavy (non-hydrogen) atoms. The number of hydrogen-bond donors (Lipinski definition) is 3. The first kappa shape index (κ1) is 15.8. The van der Waals surface area contributed by atoms with Crippen LogP contribution in [0.1, 0.15) is 31.4 Å². The Bertz CT molecular complexity index is 460. The molecule has 2 atom stereocenters. The van der Waals surface area contributed by atoms with Gasteiger partial charge in [-0.05, 0) is 63.5 Å². The van der Waals surface area contributed by atoms with Crippen molar-refractivity contribution in [2.24, 2.45) is 11.7 Å². The molecule has 1 fully saturated rings. The zero-order chi connectivity index (χ0) is 15.2. The number of piperidine rings is 1. The summed E-state index contributed by atoms with van der Waals surface area (Å²) in [6.45, 7) is 5.62. The van der Waals surface area contributed by atoms with E-state index in [4.69, 9.17) is 5.73 Å². The number of carbonyl (C=O) groups is 1. The van der Waals surface area contributed by atoms with Crippen LogP contribution in [0.4, 0.5) is 10.5 Å². The molecule has 0 bridgehead atoms. The summed E-state index contributed by atoms with van der Waals surface area (Å²) in [5, 5.41) is 6.18. The van der Waals surface area contributed by atoms with Crippen LogP contribution in [0.3, 0.4) is 0 Å². The second-order valence-electron chi connectivity index (χ2n) is 6.01. The minimum Gasteiger partial charge on any atom is -0.351 e. The van der Waals surface area contributed by atoms with E-state index in [9.17, 15) is 4.79 Å². The Kier molecular flexibility index (Phi) is 5.59. The second kappa shape index (κ2) is 7.43. The van der Waals surface area contributed by atoms with Crippen molar-refractivity contribution in [3.8, 4) is 0 Å². The average molecular weight is 290 g/mol. The molecule has 0 saturated carbocycles. The van der Waals surface area contributed by atoms with Crippen LogP contribution in [0.15, 0.2) is 24.3 Å². The topological polar surface area (TPSA) is 70.4 Å². The van der Waals surface area contributed by atoms with Crippen molar-refractivity contribution in [3.63, 3.8) is 0 Å². The van der Waals surface area contributed by atoms with Gasteiger partial charge in [-0.25, -0.2) is 4.79 Å². The Hall–Kier alpha value is -1.59. The van der Waals surface area contributed by atoms with Gasteiger partial charge in [-0.1, -0.05) is 12.1 Å². The van der Waals surface area contributed by atoms with Crippen LogP contribution in [0.5, 0.6) is 0 Å². The van der Waals surface area contributed by atoms with Crippen molar-refractivity contribution in [2.45, 2.75) is 25.8 Å². The zero-order valence-corrected chi connectivity index (χ0v) is 12.9. The van der Waals surface area contributed by atoms with Gasteiger partial charge in [0.05, 0.1) is 0 Å². The number of nitrogens with two attached hydrogens (primary N) is 1. The molecule has 2 rings (SSSR count). The minimum atomic E-state index is -0.532. The van der Waals surface area contributed by atoms with Crippen LogP contribution in [-0.2, 0) is 0 Å². The molecule has 5 nitrogen and oxygen atoms in total. The lowest BCUT2D eigenvalue weighted by Gasteiger charge is -2.30. The largest absolute Gasteiger partial charge is 0.351 e. The van der Waals surface area contributed by atoms with Gasteiger partial charge in [0.1, 0.15) is 0 Å². The van der Waals surface area contributed by atoms with Gasteiger partial charge in [-0.2, -0.15) is 0 Å². The van der Waals surface area contributed by atoms with Crippen molar-refractivity contribution < 1.29 is 4.79 Å². The number of nitrogens with zero attached hydrogens (tertiary/aromatic N) is 1. The summed E-state index contributed by atoms with van der Waals surface area (Å²) in [5.41, 5.74) is 7.04. The molecule has 2 amide bonds. The third-order valence-electron chi connectivity index (χ3n) is 4.11. The number of urea groups is 1. The van der Waals surface area contributed by atoms with Crippen molar-refractivity contribution >= 4 is 11.7 Å². The van der Waals surface area contributed by atoms with Gasteiger partial charge in [-0.15, -0.1) is 0 Å². The highest BCUT2D eigenvalue weighted by Gasteiger charge is 2.17. The maximum absolute atomic E-state index is 10.8. The standard InChI is InChI=1S/C16H26N4O/c1-12(18-10-13-4-3-9-20(2)11-13)14-5-7-15(8-6-14)19-16(17)21/h5-8,12-13,18H,3-4,9-11H2,1-2H3,(H3,17,19,21). The van der Waals surface area contributed by atoms with E-state index in [1.807, 2.05) is 24.3 Å². The fourth-order valence-corrected chi connectivity index (χ4v) is 2.90. The Balaban J connectivity index is 1.82. The number of primary amides is 1. The monoisotopic (exact) mass is 290 g/mol. The van der Waals surface area contributed by atoms with Gasteiger partial charge in [0.2, 0.25) is 0 Å². The molecule has 1 aliphatic heterocycles. The molecule has 1 heterocycles. The van der Waals surface area contributed by atoms with E-state index in [0.717, 1.165) is 18.2 Å². The molecular weight excluding hydrogens is 264 g/mol. The summed E-state index contributed by atoms with van der Waals surface area (Å²) in [5.74, 6) is 0.738. The first-order valence-electron chi connectivity index (χ1n) is 7.63. The van der Waals surface area contributed by atoms with E-state index in [1.54, 1.807) is 0 Å². The minimum absolute atomic E-state index is 0.305. The van der Waals surface area contributed by atoms with Gasteiger partial charge in [-0.3, -0.25) is 0 Å². The maximum atomic E-state index is 10.8. The number of amides is 2. The number of likely N-dealkylation sites (tertiary alicyclic amines) is 1. The highest BCUT2D eigenvalue weighted by Crippen LogP contribution is 2.18. The van der Waals surface area contributed by atoms with E-state index in [-0.39, 0.29) is 0 Å². The van der Waals surface area contributed by atoms with Gasteiger partial charge < -0.3 is 21.3 Å². The van der Waals surface area contributed by atoms with Crippen molar-refractivity contribution in [2.75, 3.05) is 32.0 Å². The molecule has 0 aliphatic carbocycles. The summed E-state index contributed by atoms with van der Waals surface area (Å²) < 4.78 is 0. The number of rotatable bonds is 5. The number of hydrogen-bond acceptors (Lipinski definition) is 3. The molecule has 2 unspecified atom stereocenters. The number of anilines is 1. The SMILES string of the molecule is CC(NCC1CCCN(C)C1)c1ccc(NC(N)=O)cc1. The Morgan fingerprint density at radius 2 is 2.14 bits per heavy atom. The van der Waals surface area contributed by atoms with E-state index in [2.05, 4.69) is 29.5 Å². The van der Waals surface area contributed by atoms with Gasteiger partial charge in [0.25, 0.3) is 0 Å². The summed E-state index contributed by atoms with van der Waals surface area (Å²) in [7, 11) is 2.19. The number of carbonyl (C=O) groups excluding carboxylic acids is 1. The van der Waals surface area contributed by atoms with Crippen LogP contribution < -0.4 is 16.4 Å².